The molecule has 1 aliphatic carbocycles. The maximum atomic E-state index is 6.25. The molecule has 0 unspecified atom stereocenters. The van der Waals surface area contributed by atoms with Gasteiger partial charge < -0.3 is 10.3 Å². The van der Waals surface area contributed by atoms with E-state index in [0.29, 0.717) is 11.7 Å². The SMILES string of the molecule is CC(C)(Sc1ccc(Br)cc1)c1nc(C2(N)CCC2)no1. The molecule has 0 aliphatic heterocycles. The Morgan fingerprint density at radius 3 is 2.52 bits per heavy atom. The molecule has 2 aromatic rings. The molecule has 112 valence electrons. The minimum atomic E-state index is -0.375. The van der Waals surface area contributed by atoms with Gasteiger partial charge >= 0.3 is 0 Å². The third kappa shape index (κ3) is 3.03. The second-order valence-electron chi connectivity index (χ2n) is 6.00. The molecule has 1 aromatic carbocycles. The van der Waals surface area contributed by atoms with Gasteiger partial charge in [0.15, 0.2) is 5.82 Å². The molecule has 3 rings (SSSR count). The fraction of sp³-hybridized carbons (Fsp3) is 0.467. The van der Waals surface area contributed by atoms with Crippen molar-refractivity contribution in [2.75, 3.05) is 0 Å². The van der Waals surface area contributed by atoms with E-state index in [1.807, 2.05) is 12.1 Å². The fourth-order valence-corrected chi connectivity index (χ4v) is 3.59. The minimum absolute atomic E-state index is 0.292. The molecule has 1 saturated carbocycles. The van der Waals surface area contributed by atoms with E-state index in [2.05, 4.69) is 52.1 Å². The summed E-state index contributed by atoms with van der Waals surface area (Å²) in [5, 5.41) is 4.10. The Morgan fingerprint density at radius 1 is 1.29 bits per heavy atom. The van der Waals surface area contributed by atoms with Crippen molar-refractivity contribution in [2.45, 2.75) is 48.3 Å². The number of thioether (sulfide) groups is 1. The van der Waals surface area contributed by atoms with E-state index in [1.165, 1.54) is 0 Å². The molecule has 1 fully saturated rings. The van der Waals surface area contributed by atoms with Crippen molar-refractivity contribution in [3.63, 3.8) is 0 Å². The molecule has 1 aliphatic rings. The van der Waals surface area contributed by atoms with Crippen LogP contribution in [0.25, 0.3) is 0 Å². The lowest BCUT2D eigenvalue weighted by atomic mass is 9.77. The first-order valence-electron chi connectivity index (χ1n) is 6.97. The molecule has 0 spiro atoms. The smallest absolute Gasteiger partial charge is 0.242 e. The lowest BCUT2D eigenvalue weighted by Gasteiger charge is -2.34. The third-order valence-corrected chi connectivity index (χ3v) is 5.54. The van der Waals surface area contributed by atoms with Crippen LogP contribution >= 0.6 is 27.7 Å². The number of aromatic nitrogens is 2. The number of rotatable bonds is 4. The van der Waals surface area contributed by atoms with Crippen LogP contribution in [0.3, 0.4) is 0 Å². The minimum Gasteiger partial charge on any atom is -0.338 e. The maximum absolute atomic E-state index is 6.25. The number of hydrogen-bond acceptors (Lipinski definition) is 5. The zero-order valence-corrected chi connectivity index (χ0v) is 14.5. The first-order valence-corrected chi connectivity index (χ1v) is 8.58. The number of nitrogens with zero attached hydrogens (tertiary/aromatic N) is 2. The Balaban J connectivity index is 1.79. The number of halogens is 1. The number of benzene rings is 1. The lowest BCUT2D eigenvalue weighted by molar-refractivity contribution is 0.228. The van der Waals surface area contributed by atoms with Crippen molar-refractivity contribution >= 4 is 27.7 Å². The molecule has 0 saturated heterocycles. The van der Waals surface area contributed by atoms with Gasteiger partial charge in [0.05, 0.1) is 10.3 Å². The summed E-state index contributed by atoms with van der Waals surface area (Å²) in [6, 6.07) is 8.20. The maximum Gasteiger partial charge on any atom is 0.242 e. The number of nitrogens with two attached hydrogens (primary N) is 1. The normalized spacial score (nSPS) is 17.5. The Bertz CT molecular complexity index is 635. The van der Waals surface area contributed by atoms with Crippen molar-refractivity contribution in [2.24, 2.45) is 5.73 Å². The molecule has 21 heavy (non-hydrogen) atoms. The van der Waals surface area contributed by atoms with Gasteiger partial charge in [-0.05, 0) is 57.4 Å². The quantitative estimate of drug-likeness (QED) is 0.820. The summed E-state index contributed by atoms with van der Waals surface area (Å²) in [5.41, 5.74) is 5.88. The van der Waals surface area contributed by atoms with E-state index >= 15 is 0 Å². The van der Waals surface area contributed by atoms with E-state index in [4.69, 9.17) is 10.3 Å². The Morgan fingerprint density at radius 2 is 1.95 bits per heavy atom. The van der Waals surface area contributed by atoms with Crippen LogP contribution in [0.4, 0.5) is 0 Å². The van der Waals surface area contributed by atoms with Gasteiger partial charge in [-0.2, -0.15) is 4.98 Å². The van der Waals surface area contributed by atoms with Gasteiger partial charge in [-0.25, -0.2) is 0 Å². The van der Waals surface area contributed by atoms with E-state index in [9.17, 15) is 0 Å². The summed E-state index contributed by atoms with van der Waals surface area (Å²) < 4.78 is 6.25. The molecular weight excluding hydrogens is 350 g/mol. The molecule has 2 N–H and O–H groups in total. The van der Waals surface area contributed by atoms with Crippen LogP contribution in [0.2, 0.25) is 0 Å². The van der Waals surface area contributed by atoms with Crippen molar-refractivity contribution in [3.05, 3.63) is 40.5 Å². The van der Waals surface area contributed by atoms with Gasteiger partial charge in [-0.1, -0.05) is 21.1 Å². The van der Waals surface area contributed by atoms with Gasteiger partial charge in [0, 0.05) is 9.37 Å². The summed E-state index contributed by atoms with van der Waals surface area (Å²) >= 11 is 5.14. The van der Waals surface area contributed by atoms with E-state index in [1.54, 1.807) is 11.8 Å². The third-order valence-electron chi connectivity index (χ3n) is 3.82. The van der Waals surface area contributed by atoms with Crippen LogP contribution in [0, 0.1) is 0 Å². The van der Waals surface area contributed by atoms with Crippen LogP contribution < -0.4 is 5.73 Å². The first-order chi connectivity index (χ1) is 9.89. The largest absolute Gasteiger partial charge is 0.338 e. The summed E-state index contributed by atoms with van der Waals surface area (Å²) in [5.74, 6) is 1.27. The monoisotopic (exact) mass is 367 g/mol. The van der Waals surface area contributed by atoms with Gasteiger partial charge in [0.25, 0.3) is 0 Å². The second kappa shape index (κ2) is 5.41. The molecule has 0 radical (unpaired) electrons. The van der Waals surface area contributed by atoms with Crippen molar-refractivity contribution < 1.29 is 4.52 Å². The van der Waals surface area contributed by atoms with Crippen molar-refractivity contribution in [1.29, 1.82) is 0 Å². The highest BCUT2D eigenvalue weighted by Gasteiger charge is 2.40. The summed E-state index contributed by atoms with van der Waals surface area (Å²) in [4.78, 5) is 5.72. The molecule has 1 aromatic heterocycles. The van der Waals surface area contributed by atoms with E-state index < -0.39 is 0 Å². The molecule has 1 heterocycles. The molecule has 0 atom stereocenters. The molecule has 0 bridgehead atoms. The van der Waals surface area contributed by atoms with Crippen molar-refractivity contribution in [1.82, 2.24) is 10.1 Å². The lowest BCUT2D eigenvalue weighted by Crippen LogP contribution is -2.44. The standard InChI is InChI=1S/C15H18BrN3OS/c1-14(2,21-11-6-4-10(16)5-7-11)13-18-12(19-20-13)15(17)8-3-9-15/h4-7H,3,8-9,17H2,1-2H3. The van der Waals surface area contributed by atoms with Crippen LogP contribution in [0.1, 0.15) is 44.8 Å². The average molecular weight is 368 g/mol. The van der Waals surface area contributed by atoms with Crippen LogP contribution in [0.5, 0.6) is 0 Å². The summed E-state index contributed by atoms with van der Waals surface area (Å²) in [6.45, 7) is 4.17. The van der Waals surface area contributed by atoms with Gasteiger partial charge in [0.1, 0.15) is 0 Å². The second-order valence-corrected chi connectivity index (χ2v) is 8.61. The molecular formula is C15H18BrN3OS. The zero-order chi connectivity index (χ0) is 15.1. The molecule has 6 heteroatoms. The fourth-order valence-electron chi connectivity index (χ4n) is 2.29. The zero-order valence-electron chi connectivity index (χ0n) is 12.1. The van der Waals surface area contributed by atoms with Crippen LogP contribution in [0.15, 0.2) is 38.2 Å². The highest BCUT2D eigenvalue weighted by molar-refractivity contribution is 9.10. The summed E-state index contributed by atoms with van der Waals surface area (Å²) in [6.07, 6.45) is 3.01. The van der Waals surface area contributed by atoms with Gasteiger partial charge in [-0.3, -0.25) is 0 Å². The molecule has 0 amide bonds. The number of hydrogen-bond donors (Lipinski definition) is 1. The Kier molecular flexibility index (Phi) is 3.88. The molecule has 4 nitrogen and oxygen atoms in total. The summed E-state index contributed by atoms with van der Waals surface area (Å²) in [7, 11) is 0. The van der Waals surface area contributed by atoms with E-state index in [0.717, 1.165) is 28.6 Å². The average Bonchev–Trinajstić information content (AvgIpc) is 2.89. The topological polar surface area (TPSA) is 64.9 Å². The Hall–Kier alpha value is -0.850. The predicted molar refractivity (Wildman–Crippen MR) is 87.0 cm³/mol. The van der Waals surface area contributed by atoms with Gasteiger partial charge in [-0.15, -0.1) is 11.8 Å². The predicted octanol–water partition coefficient (Wildman–Crippen LogP) is 4.20. The van der Waals surface area contributed by atoms with Crippen LogP contribution in [-0.4, -0.2) is 10.1 Å². The highest BCUT2D eigenvalue weighted by atomic mass is 79.9. The van der Waals surface area contributed by atoms with Gasteiger partial charge in [0.2, 0.25) is 5.89 Å². The van der Waals surface area contributed by atoms with E-state index in [-0.39, 0.29) is 10.3 Å². The van der Waals surface area contributed by atoms with Crippen LogP contribution in [-0.2, 0) is 10.3 Å². The Labute approximate surface area is 137 Å². The first kappa shape index (κ1) is 15.1. The van der Waals surface area contributed by atoms with Crippen molar-refractivity contribution in [3.8, 4) is 0 Å². The highest BCUT2D eigenvalue weighted by Crippen LogP contribution is 2.42.